The molecule has 2 aliphatic rings. The average Bonchev–Trinajstić information content (AvgIpc) is 2.60. The van der Waals surface area contributed by atoms with Gasteiger partial charge in [0.15, 0.2) is 12.6 Å². The van der Waals surface area contributed by atoms with Crippen LogP contribution in [0.15, 0.2) is 43.0 Å². The van der Waals surface area contributed by atoms with Crippen LogP contribution in [0.1, 0.15) is 11.9 Å². The molecule has 0 aliphatic carbocycles. The van der Waals surface area contributed by atoms with Crippen LogP contribution in [0.4, 0.5) is 0 Å². The third-order valence-electron chi connectivity index (χ3n) is 4.03. The third-order valence-corrected chi connectivity index (χ3v) is 4.03. The van der Waals surface area contributed by atoms with Gasteiger partial charge in [-0.1, -0.05) is 36.4 Å². The molecule has 0 bridgehead atoms. The number of rotatable bonds is 5. The number of hydrogen-bond acceptors (Lipinski definition) is 6. The third kappa shape index (κ3) is 3.47. The molecule has 0 amide bonds. The molecule has 0 saturated carbocycles. The molecule has 6 nitrogen and oxygen atoms in total. The molecule has 1 N–H and O–H groups in total. The minimum absolute atomic E-state index is 0.282. The molecule has 3 rings (SSSR count). The summed E-state index contributed by atoms with van der Waals surface area (Å²) in [6.07, 6.45) is -2.00. The maximum atomic E-state index is 10.4. The Hall–Kier alpha value is -1.28. The number of ether oxygens (including phenoxy) is 5. The van der Waals surface area contributed by atoms with Gasteiger partial charge in [-0.2, -0.15) is 0 Å². The van der Waals surface area contributed by atoms with Gasteiger partial charge in [-0.15, -0.1) is 6.58 Å². The molecule has 1 aromatic rings. The smallest absolute Gasteiger partial charge is 0.187 e. The molecule has 1 aromatic carbocycles. The Labute approximate surface area is 135 Å². The van der Waals surface area contributed by atoms with Gasteiger partial charge in [0.05, 0.1) is 13.2 Å². The molecule has 0 unspecified atom stereocenters. The lowest BCUT2D eigenvalue weighted by Crippen LogP contribution is -2.62. The standard InChI is InChI=1S/C17H22O6/c1-3-9-20-17-13(18)15(19-2)14-12(22-17)10-21-16(23-14)11-7-5-4-6-8-11/h3-8,12-18H,1,9-10H2,2H3/t12-,13+,14-,15+,16-,17+/m1/s1. The number of hydrogen-bond donors (Lipinski definition) is 1. The van der Waals surface area contributed by atoms with E-state index in [1.54, 1.807) is 6.08 Å². The molecule has 0 radical (unpaired) electrons. The van der Waals surface area contributed by atoms with Gasteiger partial charge in [-0.3, -0.25) is 0 Å². The van der Waals surface area contributed by atoms with Gasteiger partial charge in [0.25, 0.3) is 0 Å². The Morgan fingerprint density at radius 3 is 2.78 bits per heavy atom. The van der Waals surface area contributed by atoms with Gasteiger partial charge < -0.3 is 28.8 Å². The average molecular weight is 322 g/mol. The lowest BCUT2D eigenvalue weighted by molar-refractivity contribution is -0.362. The number of benzene rings is 1. The van der Waals surface area contributed by atoms with E-state index in [0.717, 1.165) is 5.56 Å². The summed E-state index contributed by atoms with van der Waals surface area (Å²) in [6.45, 7) is 4.21. The second-order valence-electron chi connectivity index (χ2n) is 5.53. The normalized spacial score (nSPS) is 37.1. The van der Waals surface area contributed by atoms with E-state index in [2.05, 4.69) is 6.58 Å². The van der Waals surface area contributed by atoms with Crippen molar-refractivity contribution in [2.24, 2.45) is 0 Å². The first-order valence-corrected chi connectivity index (χ1v) is 7.65. The highest BCUT2D eigenvalue weighted by molar-refractivity contribution is 5.16. The lowest BCUT2D eigenvalue weighted by atomic mass is 9.97. The van der Waals surface area contributed by atoms with Crippen molar-refractivity contribution in [3.63, 3.8) is 0 Å². The number of fused-ring (bicyclic) bond motifs is 1. The van der Waals surface area contributed by atoms with Crippen molar-refractivity contribution in [3.05, 3.63) is 48.6 Å². The van der Waals surface area contributed by atoms with E-state index in [1.807, 2.05) is 30.3 Å². The van der Waals surface area contributed by atoms with Crippen molar-refractivity contribution < 1.29 is 28.8 Å². The summed E-state index contributed by atoms with van der Waals surface area (Å²) in [6, 6.07) is 9.65. The molecule has 126 valence electrons. The van der Waals surface area contributed by atoms with Gasteiger partial charge in [0.2, 0.25) is 0 Å². The molecule has 2 aliphatic heterocycles. The van der Waals surface area contributed by atoms with E-state index in [9.17, 15) is 5.11 Å². The van der Waals surface area contributed by atoms with Crippen molar-refractivity contribution in [3.8, 4) is 0 Å². The SMILES string of the molecule is C=CCO[C@H]1O[C@@H]2CO[C@@H](c3ccccc3)O[C@H]2[C@@H](OC)[C@@H]1O. The van der Waals surface area contributed by atoms with E-state index in [0.29, 0.717) is 6.61 Å². The molecule has 23 heavy (non-hydrogen) atoms. The minimum atomic E-state index is -0.948. The minimum Gasteiger partial charge on any atom is -0.385 e. The molecule has 2 saturated heterocycles. The van der Waals surface area contributed by atoms with Crippen molar-refractivity contribution in [2.45, 2.75) is 37.0 Å². The highest BCUT2D eigenvalue weighted by Crippen LogP contribution is 2.35. The van der Waals surface area contributed by atoms with Crippen LogP contribution in [-0.2, 0) is 23.7 Å². The van der Waals surface area contributed by atoms with Gasteiger partial charge >= 0.3 is 0 Å². The first kappa shape index (κ1) is 16.6. The van der Waals surface area contributed by atoms with E-state index in [4.69, 9.17) is 23.7 Å². The van der Waals surface area contributed by atoms with Gasteiger partial charge in [0.1, 0.15) is 24.4 Å². The Bertz CT molecular complexity index is 507. The lowest BCUT2D eigenvalue weighted by Gasteiger charge is -2.47. The zero-order valence-corrected chi connectivity index (χ0v) is 13.0. The van der Waals surface area contributed by atoms with Crippen LogP contribution < -0.4 is 0 Å². The summed E-state index contributed by atoms with van der Waals surface area (Å²) in [5.41, 5.74) is 0.917. The predicted octanol–water partition coefficient (Wildman–Crippen LogP) is 1.40. The van der Waals surface area contributed by atoms with E-state index in [1.165, 1.54) is 7.11 Å². The molecule has 0 spiro atoms. The van der Waals surface area contributed by atoms with Crippen molar-refractivity contribution in [2.75, 3.05) is 20.3 Å². The quantitative estimate of drug-likeness (QED) is 0.827. The zero-order chi connectivity index (χ0) is 16.2. The van der Waals surface area contributed by atoms with Gasteiger partial charge in [-0.05, 0) is 0 Å². The van der Waals surface area contributed by atoms with Gasteiger partial charge in [-0.25, -0.2) is 0 Å². The molecule has 2 heterocycles. The Morgan fingerprint density at radius 1 is 1.30 bits per heavy atom. The monoisotopic (exact) mass is 322 g/mol. The van der Waals surface area contributed by atoms with Crippen LogP contribution in [0.25, 0.3) is 0 Å². The summed E-state index contributed by atoms with van der Waals surface area (Å²) >= 11 is 0. The highest BCUT2D eigenvalue weighted by Gasteiger charge is 2.50. The molecule has 6 atom stereocenters. The van der Waals surface area contributed by atoms with E-state index in [-0.39, 0.29) is 12.7 Å². The molecular formula is C17H22O6. The zero-order valence-electron chi connectivity index (χ0n) is 13.0. The summed E-state index contributed by atoms with van der Waals surface area (Å²) in [4.78, 5) is 0. The second-order valence-corrected chi connectivity index (χ2v) is 5.53. The first-order valence-electron chi connectivity index (χ1n) is 7.65. The molecule has 2 fully saturated rings. The van der Waals surface area contributed by atoms with Crippen molar-refractivity contribution in [1.29, 1.82) is 0 Å². The Morgan fingerprint density at radius 2 is 2.09 bits per heavy atom. The molecule has 0 aromatic heterocycles. The van der Waals surface area contributed by atoms with E-state index >= 15 is 0 Å². The summed E-state index contributed by atoms with van der Waals surface area (Å²) in [5, 5.41) is 10.4. The molecule has 6 heteroatoms. The van der Waals surface area contributed by atoms with E-state index < -0.39 is 30.9 Å². The predicted molar refractivity (Wildman–Crippen MR) is 81.6 cm³/mol. The maximum Gasteiger partial charge on any atom is 0.187 e. The van der Waals surface area contributed by atoms with Crippen LogP contribution in [0, 0.1) is 0 Å². The van der Waals surface area contributed by atoms with Crippen LogP contribution in [0.2, 0.25) is 0 Å². The summed E-state index contributed by atoms with van der Waals surface area (Å²) < 4.78 is 28.4. The fourth-order valence-electron chi connectivity index (χ4n) is 2.91. The molecular weight excluding hydrogens is 300 g/mol. The largest absolute Gasteiger partial charge is 0.385 e. The summed E-state index contributed by atoms with van der Waals surface area (Å²) in [7, 11) is 1.54. The summed E-state index contributed by atoms with van der Waals surface area (Å²) in [5.74, 6) is 0. The highest BCUT2D eigenvalue weighted by atomic mass is 16.8. The Kier molecular flexibility index (Phi) is 5.42. The van der Waals surface area contributed by atoms with Crippen LogP contribution in [0.5, 0.6) is 0 Å². The number of methoxy groups -OCH3 is 1. The second kappa shape index (κ2) is 7.53. The topological polar surface area (TPSA) is 66.4 Å². The Balaban J connectivity index is 1.73. The number of aliphatic hydroxyl groups excluding tert-OH is 1. The van der Waals surface area contributed by atoms with Crippen LogP contribution in [0.3, 0.4) is 0 Å². The van der Waals surface area contributed by atoms with Crippen LogP contribution in [-0.4, -0.2) is 56.1 Å². The van der Waals surface area contributed by atoms with Crippen molar-refractivity contribution >= 4 is 0 Å². The fraction of sp³-hybridized carbons (Fsp3) is 0.529. The fourth-order valence-corrected chi connectivity index (χ4v) is 2.91. The van der Waals surface area contributed by atoms with Gasteiger partial charge in [0, 0.05) is 12.7 Å². The number of aliphatic hydroxyl groups is 1. The van der Waals surface area contributed by atoms with Crippen molar-refractivity contribution in [1.82, 2.24) is 0 Å². The van der Waals surface area contributed by atoms with Crippen LogP contribution >= 0.6 is 0 Å². The maximum absolute atomic E-state index is 10.4. The first-order chi connectivity index (χ1) is 11.2.